The number of amides is 1. The van der Waals surface area contributed by atoms with Crippen molar-refractivity contribution in [2.75, 3.05) is 13.1 Å². The Morgan fingerprint density at radius 2 is 2.14 bits per heavy atom. The monoisotopic (exact) mass is 322 g/mol. The normalized spacial score (nSPS) is 15.9. The highest BCUT2D eigenvalue weighted by atomic mass is 35.5. The maximum Gasteiger partial charge on any atom is 0.410 e. The first-order valence-corrected chi connectivity index (χ1v) is 7.65. The predicted molar refractivity (Wildman–Crippen MR) is 83.8 cm³/mol. The summed E-state index contributed by atoms with van der Waals surface area (Å²) in [5.41, 5.74) is 0.369. The lowest BCUT2D eigenvalue weighted by Crippen LogP contribution is -2.52. The molecular formula is C15H19ClN4O2. The van der Waals surface area contributed by atoms with E-state index in [1.165, 1.54) is 0 Å². The van der Waals surface area contributed by atoms with Gasteiger partial charge in [-0.05, 0) is 32.9 Å². The van der Waals surface area contributed by atoms with Gasteiger partial charge < -0.3 is 14.2 Å². The van der Waals surface area contributed by atoms with Gasteiger partial charge in [0.25, 0.3) is 0 Å². The maximum absolute atomic E-state index is 11.9. The van der Waals surface area contributed by atoms with Crippen molar-refractivity contribution in [1.29, 1.82) is 0 Å². The number of rotatable bonds is 2. The van der Waals surface area contributed by atoms with Crippen molar-refractivity contribution in [3.63, 3.8) is 0 Å². The fourth-order valence-corrected chi connectivity index (χ4v) is 2.70. The lowest BCUT2D eigenvalue weighted by Gasteiger charge is -2.39. The summed E-state index contributed by atoms with van der Waals surface area (Å²) in [6.45, 7) is 7.83. The van der Waals surface area contributed by atoms with E-state index in [0.717, 1.165) is 17.6 Å². The highest BCUT2D eigenvalue weighted by Crippen LogP contribution is 2.23. The average Bonchev–Trinajstić information content (AvgIpc) is 2.73. The quantitative estimate of drug-likeness (QED) is 0.853. The molecule has 6 nitrogen and oxygen atoms in total. The molecule has 1 aliphatic rings. The molecule has 0 N–H and O–H groups in total. The Kier molecular flexibility index (Phi) is 3.72. The van der Waals surface area contributed by atoms with E-state index in [-0.39, 0.29) is 6.09 Å². The predicted octanol–water partition coefficient (Wildman–Crippen LogP) is 2.95. The van der Waals surface area contributed by atoms with Crippen LogP contribution in [0.3, 0.4) is 0 Å². The SMILES string of the molecule is CC(C)(C)OC(=O)N1CC(Cn2ccc3cc(Cl)nnc32)C1. The Morgan fingerprint density at radius 3 is 2.82 bits per heavy atom. The number of hydrogen-bond acceptors (Lipinski definition) is 4. The lowest BCUT2D eigenvalue weighted by molar-refractivity contribution is -0.00317. The van der Waals surface area contributed by atoms with Crippen LogP contribution < -0.4 is 0 Å². The molecule has 2 aromatic heterocycles. The molecule has 1 amide bonds. The largest absolute Gasteiger partial charge is 0.444 e. The second-order valence-corrected chi connectivity index (χ2v) is 7.05. The van der Waals surface area contributed by atoms with E-state index >= 15 is 0 Å². The Labute approximate surface area is 134 Å². The van der Waals surface area contributed by atoms with Gasteiger partial charge >= 0.3 is 6.09 Å². The number of aromatic nitrogens is 3. The van der Waals surface area contributed by atoms with E-state index < -0.39 is 5.60 Å². The molecule has 118 valence electrons. The summed E-state index contributed by atoms with van der Waals surface area (Å²) in [7, 11) is 0. The summed E-state index contributed by atoms with van der Waals surface area (Å²) in [6.07, 6.45) is 1.74. The minimum Gasteiger partial charge on any atom is -0.444 e. The Morgan fingerprint density at radius 1 is 1.41 bits per heavy atom. The van der Waals surface area contributed by atoms with Gasteiger partial charge in [-0.25, -0.2) is 4.79 Å². The number of carbonyl (C=O) groups is 1. The van der Waals surface area contributed by atoms with Crippen LogP contribution in [0.15, 0.2) is 18.3 Å². The topological polar surface area (TPSA) is 60.2 Å². The zero-order valence-corrected chi connectivity index (χ0v) is 13.7. The molecule has 22 heavy (non-hydrogen) atoms. The van der Waals surface area contributed by atoms with Crippen LogP contribution >= 0.6 is 11.6 Å². The van der Waals surface area contributed by atoms with Crippen LogP contribution in [0.1, 0.15) is 20.8 Å². The number of carbonyl (C=O) groups excluding carboxylic acids is 1. The van der Waals surface area contributed by atoms with Gasteiger partial charge in [0.15, 0.2) is 10.8 Å². The molecule has 0 atom stereocenters. The van der Waals surface area contributed by atoms with Crippen LogP contribution in [-0.2, 0) is 11.3 Å². The van der Waals surface area contributed by atoms with Gasteiger partial charge in [-0.2, -0.15) is 0 Å². The van der Waals surface area contributed by atoms with Crippen LogP contribution in [0.25, 0.3) is 11.0 Å². The van der Waals surface area contributed by atoms with E-state index in [1.807, 2.05) is 33.0 Å². The highest BCUT2D eigenvalue weighted by Gasteiger charge is 2.33. The second kappa shape index (κ2) is 5.43. The Hall–Kier alpha value is -1.82. The molecule has 7 heteroatoms. The second-order valence-electron chi connectivity index (χ2n) is 6.67. The van der Waals surface area contributed by atoms with E-state index in [1.54, 1.807) is 11.0 Å². The number of ether oxygens (including phenoxy) is 1. The van der Waals surface area contributed by atoms with E-state index in [2.05, 4.69) is 14.8 Å². The molecule has 0 saturated carbocycles. The fraction of sp³-hybridized carbons (Fsp3) is 0.533. The summed E-state index contributed by atoms with van der Waals surface area (Å²) < 4.78 is 7.40. The third-order valence-corrected chi connectivity index (χ3v) is 3.73. The molecule has 1 aliphatic heterocycles. The van der Waals surface area contributed by atoms with Crippen molar-refractivity contribution in [1.82, 2.24) is 19.7 Å². The molecule has 2 aromatic rings. The minimum atomic E-state index is -0.451. The third-order valence-electron chi connectivity index (χ3n) is 3.54. The molecule has 0 spiro atoms. The molecule has 0 bridgehead atoms. The minimum absolute atomic E-state index is 0.243. The zero-order valence-electron chi connectivity index (χ0n) is 12.9. The number of hydrogen-bond donors (Lipinski definition) is 0. The van der Waals surface area contributed by atoms with E-state index in [9.17, 15) is 4.79 Å². The van der Waals surface area contributed by atoms with Crippen molar-refractivity contribution in [3.05, 3.63) is 23.5 Å². The van der Waals surface area contributed by atoms with Crippen molar-refractivity contribution < 1.29 is 9.53 Å². The van der Waals surface area contributed by atoms with Crippen LogP contribution in [0.2, 0.25) is 5.15 Å². The number of fused-ring (bicyclic) bond motifs is 1. The number of halogens is 1. The number of nitrogens with zero attached hydrogens (tertiary/aromatic N) is 4. The molecule has 0 radical (unpaired) electrons. The van der Waals surface area contributed by atoms with Gasteiger partial charge in [0.1, 0.15) is 5.60 Å². The Balaban J connectivity index is 1.59. The molecule has 3 rings (SSSR count). The van der Waals surface area contributed by atoms with E-state index in [0.29, 0.717) is 24.2 Å². The van der Waals surface area contributed by atoms with Gasteiger partial charge in [-0.15, -0.1) is 10.2 Å². The first-order valence-electron chi connectivity index (χ1n) is 7.28. The van der Waals surface area contributed by atoms with Crippen molar-refractivity contribution >= 4 is 28.7 Å². The summed E-state index contributed by atoms with van der Waals surface area (Å²) >= 11 is 5.84. The first kappa shape index (κ1) is 15.1. The lowest BCUT2D eigenvalue weighted by atomic mass is 10.0. The van der Waals surface area contributed by atoms with Crippen molar-refractivity contribution in [3.8, 4) is 0 Å². The third kappa shape index (κ3) is 3.16. The van der Waals surface area contributed by atoms with Gasteiger partial charge in [-0.1, -0.05) is 11.6 Å². The smallest absolute Gasteiger partial charge is 0.410 e. The molecule has 3 heterocycles. The average molecular weight is 323 g/mol. The maximum atomic E-state index is 11.9. The van der Waals surface area contributed by atoms with Crippen molar-refractivity contribution in [2.45, 2.75) is 32.9 Å². The highest BCUT2D eigenvalue weighted by molar-refractivity contribution is 6.29. The van der Waals surface area contributed by atoms with Gasteiger partial charge in [-0.3, -0.25) is 0 Å². The molecule has 0 aliphatic carbocycles. The van der Waals surface area contributed by atoms with Gasteiger partial charge in [0, 0.05) is 37.1 Å². The molecule has 1 fully saturated rings. The van der Waals surface area contributed by atoms with Crippen LogP contribution in [-0.4, -0.2) is 44.4 Å². The molecule has 1 saturated heterocycles. The first-order chi connectivity index (χ1) is 10.3. The van der Waals surface area contributed by atoms with E-state index in [4.69, 9.17) is 16.3 Å². The van der Waals surface area contributed by atoms with Gasteiger partial charge in [0.2, 0.25) is 0 Å². The summed E-state index contributed by atoms with van der Waals surface area (Å²) in [6, 6.07) is 3.77. The summed E-state index contributed by atoms with van der Waals surface area (Å²) in [5.74, 6) is 0.403. The molecule has 0 unspecified atom stereocenters. The van der Waals surface area contributed by atoms with Crippen molar-refractivity contribution in [2.24, 2.45) is 5.92 Å². The van der Waals surface area contributed by atoms with Crippen LogP contribution in [0.5, 0.6) is 0 Å². The number of likely N-dealkylation sites (tertiary alicyclic amines) is 1. The summed E-state index contributed by atoms with van der Waals surface area (Å²) in [5, 5.41) is 9.38. The van der Waals surface area contributed by atoms with Gasteiger partial charge in [0.05, 0.1) is 0 Å². The van der Waals surface area contributed by atoms with Crippen LogP contribution in [0, 0.1) is 5.92 Å². The Bertz CT molecular complexity index is 701. The summed E-state index contributed by atoms with van der Waals surface area (Å²) in [4.78, 5) is 13.6. The molecular weight excluding hydrogens is 304 g/mol. The zero-order chi connectivity index (χ0) is 15.9. The fourth-order valence-electron chi connectivity index (χ4n) is 2.55. The standard InChI is InChI=1S/C15H19ClN4O2/c1-15(2,3)22-14(21)20-8-10(9-20)7-19-5-4-11-6-12(16)17-18-13(11)19/h4-6,10H,7-9H2,1-3H3. The van der Waals surface area contributed by atoms with Crippen LogP contribution in [0.4, 0.5) is 4.79 Å². The molecule has 0 aromatic carbocycles.